The molecule has 0 aromatic carbocycles. The van der Waals surface area contributed by atoms with E-state index in [-0.39, 0.29) is 17.6 Å². The number of nitrogens with one attached hydrogen (secondary N) is 1. The van der Waals surface area contributed by atoms with E-state index in [4.69, 9.17) is 4.74 Å². The summed E-state index contributed by atoms with van der Waals surface area (Å²) in [6.45, 7) is 1.17. The molecule has 1 saturated heterocycles. The van der Waals surface area contributed by atoms with E-state index in [9.17, 15) is 13.2 Å². The van der Waals surface area contributed by atoms with E-state index in [1.54, 1.807) is 0 Å². The summed E-state index contributed by atoms with van der Waals surface area (Å²) in [5.41, 5.74) is 0.0663. The van der Waals surface area contributed by atoms with Gasteiger partial charge in [-0.25, -0.2) is 9.97 Å². The highest BCUT2D eigenvalue weighted by Crippen LogP contribution is 2.34. The molecule has 1 atom stereocenters. The van der Waals surface area contributed by atoms with Gasteiger partial charge in [-0.3, -0.25) is 0 Å². The summed E-state index contributed by atoms with van der Waals surface area (Å²) in [7, 11) is 0. The highest BCUT2D eigenvalue weighted by Gasteiger charge is 2.37. The normalized spacial score (nSPS) is 22.2. The number of aromatic nitrogens is 2. The Balaban J connectivity index is 1.85. The fourth-order valence-corrected chi connectivity index (χ4v) is 3.09. The fraction of sp³-hybridized carbons (Fsp3) is 0.733. The summed E-state index contributed by atoms with van der Waals surface area (Å²) < 4.78 is 45.3. The quantitative estimate of drug-likeness (QED) is 0.869. The number of nitrogens with zero attached hydrogens (tertiary/aromatic N) is 2. The van der Waals surface area contributed by atoms with Crippen LogP contribution < -0.4 is 5.32 Å². The van der Waals surface area contributed by atoms with Crippen LogP contribution in [0.5, 0.6) is 0 Å². The van der Waals surface area contributed by atoms with Crippen LogP contribution in [0.15, 0.2) is 0 Å². The van der Waals surface area contributed by atoms with Crippen molar-refractivity contribution in [1.82, 2.24) is 9.97 Å². The molecule has 0 spiro atoms. The largest absolute Gasteiger partial charge is 0.433 e. The van der Waals surface area contributed by atoms with Gasteiger partial charge in [-0.1, -0.05) is 6.42 Å². The van der Waals surface area contributed by atoms with E-state index in [0.29, 0.717) is 31.7 Å². The third-order valence-electron chi connectivity index (χ3n) is 4.21. The Kier molecular flexibility index (Phi) is 4.52. The number of hydrogen-bond acceptors (Lipinski definition) is 4. The molecular formula is C15H20F3N3O. The van der Waals surface area contributed by atoms with Crippen molar-refractivity contribution in [2.75, 3.05) is 18.5 Å². The molecule has 0 bridgehead atoms. The van der Waals surface area contributed by atoms with E-state index in [1.807, 2.05) is 0 Å². The maximum absolute atomic E-state index is 13.3. The molecule has 22 heavy (non-hydrogen) atoms. The fourth-order valence-electron chi connectivity index (χ4n) is 3.09. The van der Waals surface area contributed by atoms with Crippen LogP contribution in [-0.2, 0) is 23.8 Å². The molecule has 2 aliphatic rings. The summed E-state index contributed by atoms with van der Waals surface area (Å²) in [4.78, 5) is 8.09. The van der Waals surface area contributed by atoms with Crippen LogP contribution in [0.1, 0.15) is 49.1 Å². The lowest BCUT2D eigenvalue weighted by Crippen LogP contribution is -2.22. The van der Waals surface area contributed by atoms with E-state index in [1.165, 1.54) is 0 Å². The lowest BCUT2D eigenvalue weighted by Gasteiger charge is -2.17. The van der Waals surface area contributed by atoms with Crippen LogP contribution in [0.25, 0.3) is 0 Å². The Labute approximate surface area is 127 Å². The molecule has 4 nitrogen and oxygen atoms in total. The average Bonchev–Trinajstić information content (AvgIpc) is 2.87. The van der Waals surface area contributed by atoms with Crippen LogP contribution in [0.4, 0.5) is 19.1 Å². The summed E-state index contributed by atoms with van der Waals surface area (Å²) in [5.74, 6) is 0.0727. The van der Waals surface area contributed by atoms with Gasteiger partial charge in [0.05, 0.1) is 6.10 Å². The smallest absolute Gasteiger partial charge is 0.376 e. The van der Waals surface area contributed by atoms with E-state index in [2.05, 4.69) is 15.3 Å². The van der Waals surface area contributed by atoms with Gasteiger partial charge in [-0.2, -0.15) is 13.2 Å². The number of anilines is 1. The predicted octanol–water partition coefficient (Wildman–Crippen LogP) is 3.36. The molecule has 1 aromatic heterocycles. The Hall–Kier alpha value is -1.37. The van der Waals surface area contributed by atoms with E-state index < -0.39 is 11.9 Å². The Morgan fingerprint density at radius 1 is 1.09 bits per heavy atom. The minimum Gasteiger partial charge on any atom is -0.376 e. The van der Waals surface area contributed by atoms with Crippen LogP contribution in [0.2, 0.25) is 0 Å². The van der Waals surface area contributed by atoms with Gasteiger partial charge >= 0.3 is 6.18 Å². The van der Waals surface area contributed by atoms with E-state index in [0.717, 1.165) is 32.1 Å². The van der Waals surface area contributed by atoms with Crippen molar-refractivity contribution in [3.63, 3.8) is 0 Å². The van der Waals surface area contributed by atoms with Crippen LogP contribution >= 0.6 is 0 Å². The van der Waals surface area contributed by atoms with Gasteiger partial charge in [0.1, 0.15) is 0 Å². The van der Waals surface area contributed by atoms with Gasteiger partial charge in [-0.05, 0) is 38.5 Å². The molecule has 122 valence electrons. The lowest BCUT2D eigenvalue weighted by molar-refractivity contribution is -0.141. The number of alkyl halides is 3. The second-order valence-corrected chi connectivity index (χ2v) is 5.90. The zero-order chi connectivity index (χ0) is 15.6. The zero-order valence-electron chi connectivity index (χ0n) is 12.4. The first-order chi connectivity index (χ1) is 10.5. The van der Waals surface area contributed by atoms with Crippen molar-refractivity contribution in [2.24, 2.45) is 0 Å². The maximum Gasteiger partial charge on any atom is 0.433 e. The summed E-state index contributed by atoms with van der Waals surface area (Å²) in [6.07, 6.45) is 1.11. The first-order valence-corrected chi connectivity index (χ1v) is 7.86. The van der Waals surface area contributed by atoms with Gasteiger partial charge in [0.2, 0.25) is 5.95 Å². The standard InChI is InChI=1S/C15H20F3N3O/c16-15(17,18)13-11-6-2-1-3-7-12(11)20-14(21-13)19-9-10-5-4-8-22-10/h10H,1-9H2,(H,19,20,21). The highest BCUT2D eigenvalue weighted by molar-refractivity contribution is 5.37. The molecular weight excluding hydrogens is 295 g/mol. The van der Waals surface area contributed by atoms with Gasteiger partial charge in [0.15, 0.2) is 5.69 Å². The number of rotatable bonds is 3. The molecule has 1 unspecified atom stereocenters. The number of fused-ring (bicyclic) bond motifs is 1. The van der Waals surface area contributed by atoms with Crippen molar-refractivity contribution in [1.29, 1.82) is 0 Å². The van der Waals surface area contributed by atoms with Gasteiger partial charge in [-0.15, -0.1) is 0 Å². The van der Waals surface area contributed by atoms with Crippen LogP contribution in [-0.4, -0.2) is 29.2 Å². The topological polar surface area (TPSA) is 47.0 Å². The molecule has 1 aliphatic carbocycles. The third kappa shape index (κ3) is 3.51. The summed E-state index contributed by atoms with van der Waals surface area (Å²) in [6, 6.07) is 0. The SMILES string of the molecule is FC(F)(F)c1nc(NCC2CCCO2)nc2c1CCCCC2. The zero-order valence-corrected chi connectivity index (χ0v) is 12.4. The van der Waals surface area contributed by atoms with E-state index >= 15 is 0 Å². The number of ether oxygens (including phenoxy) is 1. The van der Waals surface area contributed by atoms with Crippen LogP contribution in [0.3, 0.4) is 0 Å². The van der Waals surface area contributed by atoms with Crippen molar-refractivity contribution >= 4 is 5.95 Å². The summed E-state index contributed by atoms with van der Waals surface area (Å²) >= 11 is 0. The molecule has 0 amide bonds. The Bertz CT molecular complexity index is 527. The van der Waals surface area contributed by atoms with Crippen molar-refractivity contribution < 1.29 is 17.9 Å². The molecule has 1 fully saturated rings. The second-order valence-electron chi connectivity index (χ2n) is 5.90. The molecule has 7 heteroatoms. The van der Waals surface area contributed by atoms with Gasteiger partial charge in [0, 0.05) is 24.4 Å². The van der Waals surface area contributed by atoms with Gasteiger partial charge in [0.25, 0.3) is 0 Å². The molecule has 1 N–H and O–H groups in total. The molecule has 1 aromatic rings. The number of aryl methyl sites for hydroxylation is 1. The maximum atomic E-state index is 13.3. The average molecular weight is 315 g/mol. The Morgan fingerprint density at radius 3 is 2.64 bits per heavy atom. The minimum absolute atomic E-state index is 0.0387. The molecule has 0 radical (unpaired) electrons. The second kappa shape index (κ2) is 6.40. The van der Waals surface area contributed by atoms with Gasteiger partial charge < -0.3 is 10.1 Å². The lowest BCUT2D eigenvalue weighted by atomic mass is 10.1. The monoisotopic (exact) mass is 315 g/mol. The van der Waals surface area contributed by atoms with Crippen molar-refractivity contribution in [2.45, 2.75) is 57.2 Å². The number of hydrogen-bond donors (Lipinski definition) is 1. The molecule has 1 aliphatic heterocycles. The first kappa shape index (κ1) is 15.5. The predicted molar refractivity (Wildman–Crippen MR) is 75.8 cm³/mol. The Morgan fingerprint density at radius 2 is 1.91 bits per heavy atom. The molecule has 0 saturated carbocycles. The molecule has 2 heterocycles. The summed E-state index contributed by atoms with van der Waals surface area (Å²) in [5, 5.41) is 2.92. The van der Waals surface area contributed by atoms with Crippen LogP contribution in [0, 0.1) is 0 Å². The van der Waals surface area contributed by atoms with Crippen molar-refractivity contribution in [3.05, 3.63) is 17.0 Å². The third-order valence-corrected chi connectivity index (χ3v) is 4.21. The highest BCUT2D eigenvalue weighted by atomic mass is 19.4. The first-order valence-electron chi connectivity index (χ1n) is 7.86. The van der Waals surface area contributed by atoms with Crippen molar-refractivity contribution in [3.8, 4) is 0 Å². The minimum atomic E-state index is -4.43. The molecule has 3 rings (SSSR count). The number of halogens is 3.